The summed E-state index contributed by atoms with van der Waals surface area (Å²) in [5, 5.41) is 1.03. The molecule has 4 aromatic rings. The Morgan fingerprint density at radius 1 is 0.921 bits per heavy atom. The predicted molar refractivity (Wildman–Crippen MR) is 140 cm³/mol. The number of pyridine rings is 1. The quantitative estimate of drug-likeness (QED) is 0.350. The van der Waals surface area contributed by atoms with Crippen LogP contribution < -0.4 is 14.2 Å². The van der Waals surface area contributed by atoms with Gasteiger partial charge in [-0.25, -0.2) is 30.9 Å². The monoisotopic (exact) mass is 553 g/mol. The number of benzene rings is 3. The van der Waals surface area contributed by atoms with Gasteiger partial charge in [0.05, 0.1) is 29.5 Å². The van der Waals surface area contributed by atoms with Crippen LogP contribution in [0, 0.1) is 17.7 Å². The van der Waals surface area contributed by atoms with Crippen LogP contribution in [0.15, 0.2) is 77.7 Å². The van der Waals surface area contributed by atoms with Crippen molar-refractivity contribution in [1.29, 1.82) is 0 Å². The summed E-state index contributed by atoms with van der Waals surface area (Å²) in [5.41, 5.74) is -0.0944. The molecular weight excluding hydrogens is 533 g/mol. The Morgan fingerprint density at radius 3 is 2.37 bits per heavy atom. The van der Waals surface area contributed by atoms with Gasteiger partial charge in [0.2, 0.25) is 10.0 Å². The van der Waals surface area contributed by atoms with E-state index >= 15 is 0 Å². The number of carbonyl (C=O) groups is 1. The number of ether oxygens (including phenoxy) is 1. The zero-order valence-corrected chi connectivity index (χ0v) is 21.7. The Balaban J connectivity index is 1.70. The molecule has 1 aromatic heterocycles. The summed E-state index contributed by atoms with van der Waals surface area (Å²) in [5.74, 6) is 4.23. The highest BCUT2D eigenvalue weighted by Crippen LogP contribution is 2.32. The molecule has 0 bridgehead atoms. The Morgan fingerprint density at radius 2 is 1.66 bits per heavy atom. The van der Waals surface area contributed by atoms with Gasteiger partial charge in [-0.15, -0.1) is 0 Å². The molecule has 0 atom stereocenters. The first-order chi connectivity index (χ1) is 18.0. The van der Waals surface area contributed by atoms with Gasteiger partial charge >= 0.3 is 0 Å². The molecule has 0 saturated heterocycles. The van der Waals surface area contributed by atoms with E-state index in [9.17, 15) is 26.0 Å². The molecule has 38 heavy (non-hydrogen) atoms. The maximum Gasteiger partial charge on any atom is 0.283 e. The summed E-state index contributed by atoms with van der Waals surface area (Å²) in [7, 11) is -6.45. The van der Waals surface area contributed by atoms with Crippen molar-refractivity contribution in [1.82, 2.24) is 9.71 Å². The molecule has 0 fully saturated rings. The van der Waals surface area contributed by atoms with Crippen molar-refractivity contribution in [2.75, 3.05) is 18.1 Å². The SMILES string of the molecule is COc1ccc(S(=O)(=O)Nc2ccc(F)cc2C#Cc2cccc(C(=O)NS(C)(=O)=O)n2)c2ccccc12. The summed E-state index contributed by atoms with van der Waals surface area (Å²) < 4.78 is 73.0. The number of methoxy groups -OCH3 is 1. The maximum absolute atomic E-state index is 14.1. The van der Waals surface area contributed by atoms with Crippen LogP contribution in [0.4, 0.5) is 10.1 Å². The highest BCUT2D eigenvalue weighted by atomic mass is 32.2. The average Bonchev–Trinajstić information content (AvgIpc) is 2.87. The Hall–Kier alpha value is -4.47. The van der Waals surface area contributed by atoms with E-state index in [0.29, 0.717) is 16.5 Å². The Kier molecular flexibility index (Phi) is 7.34. The number of halogens is 1. The molecule has 3 aromatic carbocycles. The first-order valence-corrected chi connectivity index (χ1v) is 14.2. The minimum atomic E-state index is -4.14. The lowest BCUT2D eigenvalue weighted by Crippen LogP contribution is -2.30. The fourth-order valence-electron chi connectivity index (χ4n) is 3.55. The van der Waals surface area contributed by atoms with E-state index < -0.39 is 31.8 Å². The van der Waals surface area contributed by atoms with Crippen LogP contribution in [-0.4, -0.2) is 41.1 Å². The number of nitrogens with one attached hydrogen (secondary N) is 2. The third-order valence-corrected chi connectivity index (χ3v) is 7.14. The normalized spacial score (nSPS) is 11.3. The van der Waals surface area contributed by atoms with Crippen LogP contribution >= 0.6 is 0 Å². The first kappa shape index (κ1) is 26.6. The third kappa shape index (κ3) is 6.08. The second-order valence-electron chi connectivity index (χ2n) is 7.97. The van der Waals surface area contributed by atoms with E-state index in [1.54, 1.807) is 35.1 Å². The van der Waals surface area contributed by atoms with Gasteiger partial charge in [0.25, 0.3) is 15.9 Å². The van der Waals surface area contributed by atoms with Gasteiger partial charge in [0.1, 0.15) is 23.0 Å². The molecule has 0 aliphatic carbocycles. The lowest BCUT2D eigenvalue weighted by Gasteiger charge is -2.13. The molecule has 9 nitrogen and oxygen atoms in total. The second kappa shape index (κ2) is 10.5. The highest BCUT2D eigenvalue weighted by molar-refractivity contribution is 7.93. The van der Waals surface area contributed by atoms with E-state index in [0.717, 1.165) is 18.4 Å². The Labute approximate surface area is 218 Å². The molecule has 1 amide bonds. The van der Waals surface area contributed by atoms with Crippen molar-refractivity contribution in [2.45, 2.75) is 4.90 Å². The zero-order valence-electron chi connectivity index (χ0n) is 20.0. The maximum atomic E-state index is 14.1. The fourth-order valence-corrected chi connectivity index (χ4v) is 5.28. The molecule has 2 N–H and O–H groups in total. The van der Waals surface area contributed by atoms with Crippen LogP contribution in [0.3, 0.4) is 0 Å². The molecular formula is C26H20FN3O6S2. The molecule has 0 aliphatic heterocycles. The van der Waals surface area contributed by atoms with Crippen molar-refractivity contribution in [2.24, 2.45) is 0 Å². The predicted octanol–water partition coefficient (Wildman–Crippen LogP) is 3.27. The molecule has 0 radical (unpaired) electrons. The van der Waals surface area contributed by atoms with Crippen molar-refractivity contribution in [3.8, 4) is 17.6 Å². The molecule has 194 valence electrons. The van der Waals surface area contributed by atoms with Crippen molar-refractivity contribution in [3.63, 3.8) is 0 Å². The molecule has 4 rings (SSSR count). The molecule has 0 spiro atoms. The number of carbonyl (C=O) groups excluding carboxylic acids is 1. The minimum absolute atomic E-state index is 0.0107. The molecule has 1 heterocycles. The summed E-state index contributed by atoms with van der Waals surface area (Å²) in [6, 6.07) is 17.4. The number of sulfonamides is 2. The van der Waals surface area contributed by atoms with Gasteiger partial charge in [0.15, 0.2) is 0 Å². The lowest BCUT2D eigenvalue weighted by molar-refractivity contribution is 0.0976. The van der Waals surface area contributed by atoms with Crippen LogP contribution in [-0.2, 0) is 20.0 Å². The lowest BCUT2D eigenvalue weighted by atomic mass is 10.1. The van der Waals surface area contributed by atoms with Gasteiger partial charge in [-0.3, -0.25) is 9.52 Å². The third-order valence-electron chi connectivity index (χ3n) is 5.16. The highest BCUT2D eigenvalue weighted by Gasteiger charge is 2.20. The Bertz CT molecular complexity index is 1850. The van der Waals surface area contributed by atoms with Gasteiger partial charge in [-0.2, -0.15) is 0 Å². The number of anilines is 1. The average molecular weight is 554 g/mol. The molecule has 0 saturated carbocycles. The zero-order chi connectivity index (χ0) is 27.5. The van der Waals surface area contributed by atoms with Crippen molar-refractivity contribution < 1.29 is 30.8 Å². The number of hydrogen-bond donors (Lipinski definition) is 2. The largest absolute Gasteiger partial charge is 0.496 e. The number of hydrogen-bond acceptors (Lipinski definition) is 7. The van der Waals surface area contributed by atoms with E-state index in [4.69, 9.17) is 4.74 Å². The number of amides is 1. The first-order valence-electron chi connectivity index (χ1n) is 10.9. The van der Waals surface area contributed by atoms with E-state index in [1.807, 2.05) is 0 Å². The minimum Gasteiger partial charge on any atom is -0.496 e. The van der Waals surface area contributed by atoms with Gasteiger partial charge in [-0.1, -0.05) is 36.3 Å². The number of nitrogens with zero attached hydrogens (tertiary/aromatic N) is 1. The second-order valence-corrected chi connectivity index (χ2v) is 11.4. The number of rotatable bonds is 6. The van der Waals surface area contributed by atoms with Crippen molar-refractivity contribution in [3.05, 3.63) is 95.6 Å². The van der Waals surface area contributed by atoms with E-state index in [1.165, 1.54) is 37.4 Å². The fraction of sp³-hybridized carbons (Fsp3) is 0.0769. The van der Waals surface area contributed by atoms with Crippen LogP contribution in [0.2, 0.25) is 0 Å². The topological polar surface area (TPSA) is 132 Å². The standard InChI is InChI=1S/C26H20FN3O6S2/c1-36-24-14-15-25(21-8-4-3-7-20(21)24)38(34,35)29-22-13-11-18(27)16-17(22)10-12-19-6-5-9-23(28-19)26(31)30-37(2,32)33/h3-9,11,13-16,29H,1-2H3,(H,30,31). The molecule has 12 heteroatoms. The van der Waals surface area contributed by atoms with Crippen molar-refractivity contribution >= 4 is 42.4 Å². The van der Waals surface area contributed by atoms with Crippen LogP contribution in [0.5, 0.6) is 5.75 Å². The van der Waals surface area contributed by atoms with Gasteiger partial charge < -0.3 is 4.74 Å². The molecule has 0 aliphatic rings. The number of fused-ring (bicyclic) bond motifs is 1. The summed E-state index contributed by atoms with van der Waals surface area (Å²) >= 11 is 0. The summed E-state index contributed by atoms with van der Waals surface area (Å²) in [6.07, 6.45) is 0.829. The van der Waals surface area contributed by atoms with Crippen LogP contribution in [0.1, 0.15) is 21.7 Å². The summed E-state index contributed by atoms with van der Waals surface area (Å²) in [4.78, 5) is 16.1. The van der Waals surface area contributed by atoms with Crippen LogP contribution in [0.25, 0.3) is 10.8 Å². The number of aromatic nitrogens is 1. The molecule has 0 unspecified atom stereocenters. The smallest absolute Gasteiger partial charge is 0.283 e. The van der Waals surface area contributed by atoms with Gasteiger partial charge in [-0.05, 0) is 48.4 Å². The summed E-state index contributed by atoms with van der Waals surface area (Å²) in [6.45, 7) is 0. The van der Waals surface area contributed by atoms with E-state index in [-0.39, 0.29) is 27.5 Å². The van der Waals surface area contributed by atoms with E-state index in [2.05, 4.69) is 21.5 Å². The van der Waals surface area contributed by atoms with Gasteiger partial charge in [0, 0.05) is 10.8 Å².